The number of halogens is 1. The number of nitrogens with two attached hydrogens (primary N) is 1. The molecule has 1 unspecified atom stereocenters. The molecule has 176 valence electrons. The summed E-state index contributed by atoms with van der Waals surface area (Å²) in [6.45, 7) is 0.0144. The van der Waals surface area contributed by atoms with Gasteiger partial charge in [0.1, 0.15) is 11.4 Å². The van der Waals surface area contributed by atoms with Gasteiger partial charge in [-0.2, -0.15) is 0 Å². The Kier molecular flexibility index (Phi) is 7.04. The molecule has 4 aromatic rings. The average molecular weight is 484 g/mol. The summed E-state index contributed by atoms with van der Waals surface area (Å²) in [4.78, 5) is 19.6. The fraction of sp³-hybridized carbons (Fsp3) is 0.130. The van der Waals surface area contributed by atoms with Crippen LogP contribution >= 0.6 is 7.82 Å². The highest BCUT2D eigenvalue weighted by Crippen LogP contribution is 2.30. The van der Waals surface area contributed by atoms with Gasteiger partial charge in [-0.15, -0.1) is 0 Å². The van der Waals surface area contributed by atoms with Crippen LogP contribution in [-0.4, -0.2) is 10.1 Å². The normalized spacial score (nSPS) is 12.9. The first-order valence-corrected chi connectivity index (χ1v) is 11.8. The molecule has 0 fully saturated rings. The SMILES string of the molecule is Nc1c(-c2cc(Cc3ccc(CNc4ccccc4F)cc3)no2)ccc[n+]1COP(=O)([O-])O. The van der Waals surface area contributed by atoms with Crippen molar-refractivity contribution in [1.82, 2.24) is 5.16 Å². The van der Waals surface area contributed by atoms with Crippen LogP contribution in [0.1, 0.15) is 16.8 Å². The number of hydrogen-bond acceptors (Lipinski definition) is 7. The van der Waals surface area contributed by atoms with Crippen molar-refractivity contribution < 1.29 is 32.4 Å². The number of pyridine rings is 1. The monoisotopic (exact) mass is 484 g/mol. The van der Waals surface area contributed by atoms with Gasteiger partial charge in [-0.1, -0.05) is 41.6 Å². The number of nitrogens with one attached hydrogen (secondary N) is 1. The fourth-order valence-corrected chi connectivity index (χ4v) is 3.60. The second-order valence-corrected chi connectivity index (χ2v) is 8.71. The molecule has 0 aliphatic heterocycles. The van der Waals surface area contributed by atoms with Gasteiger partial charge in [-0.25, -0.2) is 8.96 Å². The van der Waals surface area contributed by atoms with Crippen molar-refractivity contribution in [3.63, 3.8) is 0 Å². The summed E-state index contributed by atoms with van der Waals surface area (Å²) >= 11 is 0. The number of benzene rings is 2. The lowest BCUT2D eigenvalue weighted by Gasteiger charge is -2.14. The van der Waals surface area contributed by atoms with Crippen LogP contribution < -0.4 is 20.5 Å². The van der Waals surface area contributed by atoms with E-state index in [9.17, 15) is 13.8 Å². The van der Waals surface area contributed by atoms with Crippen LogP contribution in [0.4, 0.5) is 15.9 Å². The first-order chi connectivity index (χ1) is 16.3. The minimum Gasteiger partial charge on any atom is -0.756 e. The summed E-state index contributed by atoms with van der Waals surface area (Å²) in [5.74, 6) is 0.295. The highest BCUT2D eigenvalue weighted by atomic mass is 31.2. The smallest absolute Gasteiger partial charge is 0.285 e. The third-order valence-corrected chi connectivity index (χ3v) is 5.51. The van der Waals surface area contributed by atoms with Gasteiger partial charge in [-0.05, 0) is 35.4 Å². The topological polar surface area (TPSA) is 138 Å². The molecule has 0 saturated carbocycles. The maximum absolute atomic E-state index is 13.7. The summed E-state index contributed by atoms with van der Waals surface area (Å²) in [5, 5.41) is 7.17. The largest absolute Gasteiger partial charge is 0.756 e. The maximum Gasteiger partial charge on any atom is 0.285 e. The number of nitrogen functional groups attached to an aromatic ring is 1. The molecule has 4 rings (SSSR count). The van der Waals surface area contributed by atoms with E-state index in [1.807, 2.05) is 24.3 Å². The van der Waals surface area contributed by atoms with Gasteiger partial charge >= 0.3 is 0 Å². The first kappa shape index (κ1) is 23.6. The Labute approximate surface area is 194 Å². The van der Waals surface area contributed by atoms with E-state index in [0.29, 0.717) is 35.7 Å². The quantitative estimate of drug-likeness (QED) is 0.244. The van der Waals surface area contributed by atoms with Crippen molar-refractivity contribution >= 4 is 19.3 Å². The number of hydrogen-bond donors (Lipinski definition) is 3. The van der Waals surface area contributed by atoms with Gasteiger partial charge < -0.3 is 19.6 Å². The summed E-state index contributed by atoms with van der Waals surface area (Å²) in [5.41, 5.74) is 9.73. The van der Waals surface area contributed by atoms with Crippen molar-refractivity contribution in [2.24, 2.45) is 0 Å². The Bertz CT molecular complexity index is 1320. The molecule has 1 atom stereocenters. The molecule has 0 aliphatic carbocycles. The van der Waals surface area contributed by atoms with Crippen molar-refractivity contribution in [2.45, 2.75) is 19.7 Å². The third kappa shape index (κ3) is 6.06. The zero-order chi connectivity index (χ0) is 24.1. The molecule has 0 spiro atoms. The molecule has 4 N–H and O–H groups in total. The number of phosphoric acid groups is 1. The lowest BCUT2D eigenvalue weighted by molar-refractivity contribution is -0.712. The van der Waals surface area contributed by atoms with Crippen LogP contribution in [0.15, 0.2) is 77.4 Å². The fourth-order valence-electron chi connectivity index (χ4n) is 3.33. The molecule has 34 heavy (non-hydrogen) atoms. The first-order valence-electron chi connectivity index (χ1n) is 10.3. The van der Waals surface area contributed by atoms with Crippen LogP contribution in [0.2, 0.25) is 0 Å². The number of aromatic nitrogens is 2. The second-order valence-electron chi connectivity index (χ2n) is 7.51. The van der Waals surface area contributed by atoms with E-state index in [4.69, 9.17) is 15.2 Å². The number of rotatable bonds is 9. The highest BCUT2D eigenvalue weighted by molar-refractivity contribution is 7.44. The molecule has 0 aliphatic rings. The Hall–Kier alpha value is -3.56. The summed E-state index contributed by atoms with van der Waals surface area (Å²) in [7, 11) is -4.88. The lowest BCUT2D eigenvalue weighted by atomic mass is 10.1. The summed E-state index contributed by atoms with van der Waals surface area (Å²) < 4.78 is 35.7. The van der Waals surface area contributed by atoms with Crippen molar-refractivity contribution in [3.05, 3.63) is 95.6 Å². The van der Waals surface area contributed by atoms with Crippen molar-refractivity contribution in [1.29, 1.82) is 0 Å². The predicted octanol–water partition coefficient (Wildman–Crippen LogP) is 2.99. The Morgan fingerprint density at radius 2 is 1.88 bits per heavy atom. The molecular formula is C23H22FN4O5P. The van der Waals surface area contributed by atoms with Crippen LogP contribution in [0.3, 0.4) is 0 Å². The molecule has 0 saturated heterocycles. The van der Waals surface area contributed by atoms with Gasteiger partial charge in [0.2, 0.25) is 0 Å². The van der Waals surface area contributed by atoms with Gasteiger partial charge in [0.15, 0.2) is 12.5 Å². The minimum atomic E-state index is -4.88. The Morgan fingerprint density at radius 1 is 1.15 bits per heavy atom. The number of para-hydroxylation sites is 1. The molecule has 0 bridgehead atoms. The molecule has 0 radical (unpaired) electrons. The average Bonchev–Trinajstić information content (AvgIpc) is 3.26. The molecular weight excluding hydrogens is 462 g/mol. The van der Waals surface area contributed by atoms with Crippen LogP contribution in [0.25, 0.3) is 11.3 Å². The zero-order valence-corrected chi connectivity index (χ0v) is 18.8. The Morgan fingerprint density at radius 3 is 2.62 bits per heavy atom. The third-order valence-electron chi connectivity index (χ3n) is 5.06. The van der Waals surface area contributed by atoms with E-state index in [1.165, 1.54) is 16.8 Å². The lowest BCUT2D eigenvalue weighted by Crippen LogP contribution is -2.38. The number of phosphoric ester groups is 1. The van der Waals surface area contributed by atoms with Gasteiger partial charge in [0.05, 0.1) is 17.6 Å². The highest BCUT2D eigenvalue weighted by Gasteiger charge is 2.18. The second kappa shape index (κ2) is 10.1. The van der Waals surface area contributed by atoms with Gasteiger partial charge in [0, 0.05) is 19.0 Å². The van der Waals surface area contributed by atoms with Crippen LogP contribution in [0.5, 0.6) is 0 Å². The molecule has 2 heterocycles. The van der Waals surface area contributed by atoms with E-state index in [0.717, 1.165) is 11.1 Å². The van der Waals surface area contributed by atoms with Crippen molar-refractivity contribution in [3.8, 4) is 11.3 Å². The van der Waals surface area contributed by atoms with E-state index >= 15 is 0 Å². The standard InChI is InChI=1S/C23H22FN4O5P/c24-20-5-1-2-6-21(20)26-14-17-9-7-16(8-10-17)12-18-13-22(33-27-18)19-4-3-11-28(23(19)25)15-32-34(29,30)31/h1-11,13,25-26H,12,14-15H2,(H2,29,30,31). The molecule has 11 heteroatoms. The number of anilines is 2. The summed E-state index contributed by atoms with van der Waals surface area (Å²) in [6.07, 6.45) is 2.03. The predicted molar refractivity (Wildman–Crippen MR) is 120 cm³/mol. The molecule has 0 amide bonds. The van der Waals surface area contributed by atoms with E-state index in [-0.39, 0.29) is 11.6 Å². The zero-order valence-electron chi connectivity index (χ0n) is 17.9. The van der Waals surface area contributed by atoms with Crippen molar-refractivity contribution in [2.75, 3.05) is 11.1 Å². The van der Waals surface area contributed by atoms with E-state index in [1.54, 1.807) is 36.4 Å². The minimum absolute atomic E-state index is 0.186. The summed E-state index contributed by atoms with van der Waals surface area (Å²) in [6, 6.07) is 19.4. The van der Waals surface area contributed by atoms with Gasteiger partial charge in [0.25, 0.3) is 13.6 Å². The van der Waals surface area contributed by atoms with E-state index in [2.05, 4.69) is 15.0 Å². The molecule has 9 nitrogen and oxygen atoms in total. The maximum atomic E-state index is 13.7. The Balaban J connectivity index is 1.40. The van der Waals surface area contributed by atoms with Gasteiger partial charge in [-0.3, -0.25) is 14.8 Å². The molecule has 2 aromatic heterocycles. The number of nitrogens with zero attached hydrogens (tertiary/aromatic N) is 2. The van der Waals surface area contributed by atoms with Crippen LogP contribution in [0, 0.1) is 5.82 Å². The van der Waals surface area contributed by atoms with Crippen LogP contribution in [-0.2, 0) is 28.8 Å². The molecule has 2 aromatic carbocycles. The van der Waals surface area contributed by atoms with E-state index < -0.39 is 14.6 Å².